The fraction of sp³-hybridized carbons (Fsp3) is 0.462. The molecule has 1 atom stereocenters. The number of hydrogen-bond donors (Lipinski definition) is 0. The SMILES string of the molecule is CCC(C)COc1ccc(C(=O)OC)cc1. The van der Waals surface area contributed by atoms with Gasteiger partial charge < -0.3 is 9.47 Å². The third kappa shape index (κ3) is 3.57. The van der Waals surface area contributed by atoms with E-state index < -0.39 is 0 Å². The lowest BCUT2D eigenvalue weighted by molar-refractivity contribution is 0.0600. The lowest BCUT2D eigenvalue weighted by Gasteiger charge is -2.10. The Bertz CT molecular complexity index is 330. The molecule has 0 radical (unpaired) electrons. The van der Waals surface area contributed by atoms with E-state index in [1.54, 1.807) is 24.3 Å². The molecule has 1 aromatic rings. The summed E-state index contributed by atoms with van der Waals surface area (Å²) >= 11 is 0. The molecule has 16 heavy (non-hydrogen) atoms. The maximum absolute atomic E-state index is 11.2. The summed E-state index contributed by atoms with van der Waals surface area (Å²) in [6.07, 6.45) is 1.10. The summed E-state index contributed by atoms with van der Waals surface area (Å²) in [4.78, 5) is 11.2. The van der Waals surface area contributed by atoms with Crippen molar-refractivity contribution >= 4 is 5.97 Å². The third-order valence-electron chi connectivity index (χ3n) is 2.51. The van der Waals surface area contributed by atoms with Gasteiger partial charge in [-0.1, -0.05) is 20.3 Å². The van der Waals surface area contributed by atoms with Crippen molar-refractivity contribution in [2.45, 2.75) is 20.3 Å². The average Bonchev–Trinajstić information content (AvgIpc) is 2.35. The fourth-order valence-corrected chi connectivity index (χ4v) is 1.16. The van der Waals surface area contributed by atoms with Crippen LogP contribution in [0, 0.1) is 5.92 Å². The standard InChI is InChI=1S/C13H18O3/c1-4-10(2)9-16-12-7-5-11(6-8-12)13(14)15-3/h5-8,10H,4,9H2,1-3H3. The molecule has 0 saturated heterocycles. The summed E-state index contributed by atoms with van der Waals surface area (Å²) in [7, 11) is 1.37. The molecular formula is C13H18O3. The smallest absolute Gasteiger partial charge is 0.337 e. The number of hydrogen-bond acceptors (Lipinski definition) is 3. The Morgan fingerprint density at radius 2 is 1.94 bits per heavy atom. The molecule has 0 bridgehead atoms. The maximum Gasteiger partial charge on any atom is 0.337 e. The van der Waals surface area contributed by atoms with Crippen molar-refractivity contribution in [3.8, 4) is 5.75 Å². The molecule has 0 saturated carbocycles. The molecule has 0 aliphatic rings. The van der Waals surface area contributed by atoms with E-state index in [2.05, 4.69) is 18.6 Å². The maximum atomic E-state index is 11.2. The molecule has 88 valence electrons. The quantitative estimate of drug-likeness (QED) is 0.718. The van der Waals surface area contributed by atoms with Crippen LogP contribution in [0.2, 0.25) is 0 Å². The first-order chi connectivity index (χ1) is 7.67. The monoisotopic (exact) mass is 222 g/mol. The minimum absolute atomic E-state index is 0.325. The van der Waals surface area contributed by atoms with Gasteiger partial charge in [-0.3, -0.25) is 0 Å². The van der Waals surface area contributed by atoms with Gasteiger partial charge in [0.2, 0.25) is 0 Å². The highest BCUT2D eigenvalue weighted by Crippen LogP contribution is 2.14. The van der Waals surface area contributed by atoms with Crippen molar-refractivity contribution in [2.75, 3.05) is 13.7 Å². The number of rotatable bonds is 5. The molecule has 0 aliphatic carbocycles. The Morgan fingerprint density at radius 3 is 2.44 bits per heavy atom. The van der Waals surface area contributed by atoms with Crippen LogP contribution < -0.4 is 4.74 Å². The van der Waals surface area contributed by atoms with E-state index in [1.807, 2.05) is 0 Å². The number of ether oxygens (including phenoxy) is 2. The van der Waals surface area contributed by atoms with Crippen molar-refractivity contribution in [1.29, 1.82) is 0 Å². The summed E-state index contributed by atoms with van der Waals surface area (Å²) in [5, 5.41) is 0. The van der Waals surface area contributed by atoms with Crippen molar-refractivity contribution < 1.29 is 14.3 Å². The van der Waals surface area contributed by atoms with E-state index in [0.29, 0.717) is 18.1 Å². The largest absolute Gasteiger partial charge is 0.493 e. The topological polar surface area (TPSA) is 35.5 Å². The van der Waals surface area contributed by atoms with Crippen LogP contribution in [0.4, 0.5) is 0 Å². The number of methoxy groups -OCH3 is 1. The fourth-order valence-electron chi connectivity index (χ4n) is 1.16. The van der Waals surface area contributed by atoms with Crippen molar-refractivity contribution in [1.82, 2.24) is 0 Å². The average molecular weight is 222 g/mol. The molecule has 0 N–H and O–H groups in total. The second-order valence-corrected chi connectivity index (χ2v) is 3.84. The molecule has 1 unspecified atom stereocenters. The minimum Gasteiger partial charge on any atom is -0.493 e. The van der Waals surface area contributed by atoms with Crippen molar-refractivity contribution in [3.63, 3.8) is 0 Å². The van der Waals surface area contributed by atoms with Gasteiger partial charge in [0, 0.05) is 0 Å². The Hall–Kier alpha value is -1.51. The predicted octanol–water partition coefficient (Wildman–Crippen LogP) is 2.90. The molecule has 1 rings (SSSR count). The number of esters is 1. The van der Waals surface area contributed by atoms with Crippen LogP contribution in [0.15, 0.2) is 24.3 Å². The molecule has 0 aromatic heterocycles. The molecule has 0 fully saturated rings. The van der Waals surface area contributed by atoms with Crippen LogP contribution in [0.5, 0.6) is 5.75 Å². The number of carbonyl (C=O) groups is 1. The van der Waals surface area contributed by atoms with Crippen LogP contribution in [-0.4, -0.2) is 19.7 Å². The first kappa shape index (κ1) is 12.6. The van der Waals surface area contributed by atoms with Gasteiger partial charge in [-0.05, 0) is 30.2 Å². The van der Waals surface area contributed by atoms with Gasteiger partial charge in [-0.2, -0.15) is 0 Å². The zero-order chi connectivity index (χ0) is 12.0. The van der Waals surface area contributed by atoms with E-state index in [4.69, 9.17) is 4.74 Å². The second kappa shape index (κ2) is 6.16. The van der Waals surface area contributed by atoms with Crippen molar-refractivity contribution in [2.24, 2.45) is 5.92 Å². The minimum atomic E-state index is -0.325. The van der Waals surface area contributed by atoms with Gasteiger partial charge in [0.05, 0.1) is 19.3 Å². The van der Waals surface area contributed by atoms with E-state index >= 15 is 0 Å². The highest BCUT2D eigenvalue weighted by atomic mass is 16.5. The highest BCUT2D eigenvalue weighted by molar-refractivity contribution is 5.89. The van der Waals surface area contributed by atoms with E-state index in [-0.39, 0.29) is 5.97 Å². The van der Waals surface area contributed by atoms with Crippen LogP contribution in [0.25, 0.3) is 0 Å². The van der Waals surface area contributed by atoms with Crippen LogP contribution in [0.1, 0.15) is 30.6 Å². The first-order valence-electron chi connectivity index (χ1n) is 5.48. The van der Waals surface area contributed by atoms with Crippen LogP contribution in [0.3, 0.4) is 0 Å². The van der Waals surface area contributed by atoms with Gasteiger partial charge in [-0.15, -0.1) is 0 Å². The molecular weight excluding hydrogens is 204 g/mol. The molecule has 1 aromatic carbocycles. The summed E-state index contributed by atoms with van der Waals surface area (Å²) in [5.74, 6) is 1.00. The summed E-state index contributed by atoms with van der Waals surface area (Å²) in [6, 6.07) is 6.98. The summed E-state index contributed by atoms with van der Waals surface area (Å²) in [5.41, 5.74) is 0.540. The normalized spacial score (nSPS) is 11.9. The Morgan fingerprint density at radius 1 is 1.31 bits per heavy atom. The first-order valence-corrected chi connectivity index (χ1v) is 5.48. The molecule has 0 spiro atoms. The van der Waals surface area contributed by atoms with Gasteiger partial charge in [0.1, 0.15) is 5.75 Å². The van der Waals surface area contributed by atoms with Crippen molar-refractivity contribution in [3.05, 3.63) is 29.8 Å². The Balaban J connectivity index is 2.54. The molecule has 0 heterocycles. The van der Waals surface area contributed by atoms with Gasteiger partial charge in [0.15, 0.2) is 0 Å². The second-order valence-electron chi connectivity index (χ2n) is 3.84. The van der Waals surface area contributed by atoms with Gasteiger partial charge >= 0.3 is 5.97 Å². The number of carbonyl (C=O) groups excluding carboxylic acids is 1. The van der Waals surface area contributed by atoms with Gasteiger partial charge in [-0.25, -0.2) is 4.79 Å². The summed E-state index contributed by atoms with van der Waals surface area (Å²) in [6.45, 7) is 4.98. The van der Waals surface area contributed by atoms with E-state index in [1.165, 1.54) is 7.11 Å². The third-order valence-corrected chi connectivity index (χ3v) is 2.51. The Kier molecular flexibility index (Phi) is 4.83. The molecule has 3 nitrogen and oxygen atoms in total. The molecule has 0 amide bonds. The zero-order valence-corrected chi connectivity index (χ0v) is 10.0. The number of benzene rings is 1. The zero-order valence-electron chi connectivity index (χ0n) is 10.0. The lowest BCUT2D eigenvalue weighted by atomic mass is 10.1. The predicted molar refractivity (Wildman–Crippen MR) is 62.7 cm³/mol. The summed E-state index contributed by atoms with van der Waals surface area (Å²) < 4.78 is 10.2. The van der Waals surface area contributed by atoms with E-state index in [9.17, 15) is 4.79 Å². The lowest BCUT2D eigenvalue weighted by Crippen LogP contribution is -2.07. The Labute approximate surface area is 96.4 Å². The van der Waals surface area contributed by atoms with Crippen LogP contribution in [-0.2, 0) is 4.74 Å². The molecule has 0 aliphatic heterocycles. The highest BCUT2D eigenvalue weighted by Gasteiger charge is 2.05. The van der Waals surface area contributed by atoms with Gasteiger partial charge in [0.25, 0.3) is 0 Å². The molecule has 3 heteroatoms. The van der Waals surface area contributed by atoms with Crippen LogP contribution >= 0.6 is 0 Å². The van der Waals surface area contributed by atoms with E-state index in [0.717, 1.165) is 12.2 Å².